The first-order valence-corrected chi connectivity index (χ1v) is 11.1. The molecule has 0 aromatic heterocycles. The van der Waals surface area contributed by atoms with Crippen molar-refractivity contribution in [3.63, 3.8) is 0 Å². The smallest absolute Gasteiger partial charge is 0.300 e. The Balaban J connectivity index is 1.99. The van der Waals surface area contributed by atoms with Crippen molar-refractivity contribution in [2.45, 2.75) is 6.04 Å². The lowest BCUT2D eigenvalue weighted by atomic mass is 9.94. The third-order valence-corrected chi connectivity index (χ3v) is 6.20. The third-order valence-electron chi connectivity index (χ3n) is 5.87. The summed E-state index contributed by atoms with van der Waals surface area (Å²) in [6.07, 6.45) is 0. The fourth-order valence-corrected chi connectivity index (χ4v) is 4.30. The summed E-state index contributed by atoms with van der Waals surface area (Å²) in [5.74, 6) is -0.957. The average Bonchev–Trinajstić information content (AvgIpc) is 3.18. The standard InChI is InChI=1S/C27H21ClN2O6/c1-34-18-9-10-20(28)19(13-18)25(31)23-24(16-6-11-21(35-2)22(12-16)36-3)30(27(33)26(23)32)17-7-4-15(14-29)5-8-17/h4-13,24,31H,1-3H3/b25-23+. The Morgan fingerprint density at radius 2 is 1.64 bits per heavy atom. The monoisotopic (exact) mass is 504 g/mol. The van der Waals surface area contributed by atoms with Gasteiger partial charge in [-0.1, -0.05) is 17.7 Å². The number of benzene rings is 3. The van der Waals surface area contributed by atoms with Crippen LogP contribution in [0.5, 0.6) is 17.2 Å². The summed E-state index contributed by atoms with van der Waals surface area (Å²) < 4.78 is 16.0. The predicted octanol–water partition coefficient (Wildman–Crippen LogP) is 4.86. The number of carbonyl (C=O) groups excluding carboxylic acids is 2. The van der Waals surface area contributed by atoms with E-state index in [9.17, 15) is 14.7 Å². The number of halogens is 1. The SMILES string of the molecule is COc1ccc(Cl)c(/C(O)=C2\C(=O)C(=O)N(c3ccc(C#N)cc3)C2c2ccc(OC)c(OC)c2)c1. The first kappa shape index (κ1) is 24.6. The van der Waals surface area contributed by atoms with Crippen molar-refractivity contribution in [2.75, 3.05) is 26.2 Å². The number of hydrogen-bond acceptors (Lipinski definition) is 7. The maximum atomic E-state index is 13.4. The van der Waals surface area contributed by atoms with Gasteiger partial charge in [0.25, 0.3) is 11.7 Å². The van der Waals surface area contributed by atoms with Gasteiger partial charge in [-0.3, -0.25) is 14.5 Å². The maximum Gasteiger partial charge on any atom is 0.300 e. The van der Waals surface area contributed by atoms with E-state index >= 15 is 0 Å². The molecular formula is C27H21ClN2O6. The second kappa shape index (κ2) is 10.0. The summed E-state index contributed by atoms with van der Waals surface area (Å²) in [6, 6.07) is 16.8. The molecule has 0 radical (unpaired) electrons. The van der Waals surface area contributed by atoms with Gasteiger partial charge in [0.1, 0.15) is 11.5 Å². The number of nitrogens with zero attached hydrogens (tertiary/aromatic N) is 2. The second-order valence-electron chi connectivity index (χ2n) is 7.79. The number of aliphatic hydroxyl groups is 1. The Labute approximate surface area is 212 Å². The molecule has 1 heterocycles. The van der Waals surface area contributed by atoms with Gasteiger partial charge in [0.15, 0.2) is 11.5 Å². The number of aliphatic hydroxyl groups excluding tert-OH is 1. The van der Waals surface area contributed by atoms with Gasteiger partial charge in [0.05, 0.1) is 49.6 Å². The van der Waals surface area contributed by atoms with Crippen molar-refractivity contribution in [1.82, 2.24) is 0 Å². The van der Waals surface area contributed by atoms with Crippen LogP contribution < -0.4 is 19.1 Å². The highest BCUT2D eigenvalue weighted by atomic mass is 35.5. The van der Waals surface area contributed by atoms with Crippen LogP contribution in [0.1, 0.15) is 22.7 Å². The number of rotatable bonds is 6. The van der Waals surface area contributed by atoms with Crippen molar-refractivity contribution >= 4 is 34.7 Å². The van der Waals surface area contributed by atoms with Crippen molar-refractivity contribution < 1.29 is 28.9 Å². The van der Waals surface area contributed by atoms with Gasteiger partial charge >= 0.3 is 0 Å². The molecule has 8 nitrogen and oxygen atoms in total. The van der Waals surface area contributed by atoms with E-state index in [2.05, 4.69) is 0 Å². The lowest BCUT2D eigenvalue weighted by Crippen LogP contribution is -2.29. The highest BCUT2D eigenvalue weighted by Gasteiger charge is 2.47. The fraction of sp³-hybridized carbons (Fsp3) is 0.148. The molecule has 0 aliphatic carbocycles. The molecule has 1 saturated heterocycles. The number of anilines is 1. The number of methoxy groups -OCH3 is 3. The lowest BCUT2D eigenvalue weighted by molar-refractivity contribution is -0.132. The molecule has 1 N–H and O–H groups in total. The zero-order valence-electron chi connectivity index (χ0n) is 19.6. The number of hydrogen-bond donors (Lipinski definition) is 1. The van der Waals surface area contributed by atoms with E-state index in [1.165, 1.54) is 38.4 Å². The minimum Gasteiger partial charge on any atom is -0.507 e. The van der Waals surface area contributed by atoms with Gasteiger partial charge in [-0.2, -0.15) is 5.26 Å². The van der Waals surface area contributed by atoms with E-state index < -0.39 is 23.5 Å². The van der Waals surface area contributed by atoms with Gasteiger partial charge in [0, 0.05) is 11.3 Å². The van der Waals surface area contributed by atoms with Crippen LogP contribution in [0, 0.1) is 11.3 Å². The van der Waals surface area contributed by atoms with Crippen LogP contribution in [0.15, 0.2) is 66.2 Å². The Morgan fingerprint density at radius 1 is 0.944 bits per heavy atom. The highest BCUT2D eigenvalue weighted by molar-refractivity contribution is 6.52. The van der Waals surface area contributed by atoms with Gasteiger partial charge in [0.2, 0.25) is 0 Å². The summed E-state index contributed by atoms with van der Waals surface area (Å²) >= 11 is 6.35. The van der Waals surface area contributed by atoms with Crippen LogP contribution in [-0.2, 0) is 9.59 Å². The molecule has 9 heteroatoms. The van der Waals surface area contributed by atoms with E-state index in [1.807, 2.05) is 6.07 Å². The van der Waals surface area contributed by atoms with Gasteiger partial charge < -0.3 is 19.3 Å². The number of Topliss-reactive ketones (excluding diaryl/α,β-unsaturated/α-hetero) is 1. The van der Waals surface area contributed by atoms with Crippen LogP contribution in [0.2, 0.25) is 5.02 Å². The number of carbonyl (C=O) groups is 2. The Bertz CT molecular complexity index is 1430. The molecule has 1 atom stereocenters. The largest absolute Gasteiger partial charge is 0.507 e. The summed E-state index contributed by atoms with van der Waals surface area (Å²) in [6.45, 7) is 0. The molecule has 1 unspecified atom stereocenters. The second-order valence-corrected chi connectivity index (χ2v) is 8.20. The normalized spacial score (nSPS) is 16.5. The summed E-state index contributed by atoms with van der Waals surface area (Å²) in [5.41, 5.74) is 1.22. The van der Waals surface area contributed by atoms with Crippen LogP contribution in [0.25, 0.3) is 5.76 Å². The third kappa shape index (κ3) is 4.21. The van der Waals surface area contributed by atoms with Crippen LogP contribution in [0.4, 0.5) is 5.69 Å². The molecule has 0 spiro atoms. The van der Waals surface area contributed by atoms with E-state index in [1.54, 1.807) is 48.5 Å². The molecule has 4 rings (SSSR count). The summed E-state index contributed by atoms with van der Waals surface area (Å²) in [7, 11) is 4.42. The zero-order valence-corrected chi connectivity index (χ0v) is 20.4. The summed E-state index contributed by atoms with van der Waals surface area (Å²) in [4.78, 5) is 28.0. The van der Waals surface area contributed by atoms with Gasteiger partial charge in [-0.15, -0.1) is 0 Å². The fourth-order valence-electron chi connectivity index (χ4n) is 4.09. The minimum atomic E-state index is -1.03. The number of ketones is 1. The molecule has 36 heavy (non-hydrogen) atoms. The Morgan fingerprint density at radius 3 is 2.25 bits per heavy atom. The molecule has 0 saturated carbocycles. The molecule has 1 aliphatic heterocycles. The highest BCUT2D eigenvalue weighted by Crippen LogP contribution is 2.45. The van der Waals surface area contributed by atoms with Gasteiger partial charge in [-0.25, -0.2) is 0 Å². The van der Waals surface area contributed by atoms with Crippen LogP contribution >= 0.6 is 11.6 Å². The topological polar surface area (TPSA) is 109 Å². The quantitative estimate of drug-likeness (QED) is 0.290. The van der Waals surface area contributed by atoms with Crippen molar-refractivity contribution in [3.8, 4) is 23.3 Å². The van der Waals surface area contributed by atoms with E-state index in [0.717, 1.165) is 0 Å². The predicted molar refractivity (Wildman–Crippen MR) is 133 cm³/mol. The Hall–Kier alpha value is -4.48. The average molecular weight is 505 g/mol. The molecule has 1 amide bonds. The maximum absolute atomic E-state index is 13.4. The van der Waals surface area contributed by atoms with Crippen molar-refractivity contribution in [2.24, 2.45) is 0 Å². The van der Waals surface area contributed by atoms with Gasteiger partial charge in [-0.05, 0) is 60.2 Å². The molecular weight excluding hydrogens is 484 g/mol. The van der Waals surface area contributed by atoms with Crippen LogP contribution in [-0.4, -0.2) is 38.1 Å². The molecule has 3 aromatic carbocycles. The first-order valence-electron chi connectivity index (χ1n) is 10.7. The first-order chi connectivity index (χ1) is 17.3. The molecule has 0 bridgehead atoms. The molecule has 182 valence electrons. The van der Waals surface area contributed by atoms with E-state index in [0.29, 0.717) is 34.1 Å². The zero-order chi connectivity index (χ0) is 26.0. The molecule has 1 fully saturated rings. The Kier molecular flexibility index (Phi) is 6.86. The minimum absolute atomic E-state index is 0.138. The summed E-state index contributed by atoms with van der Waals surface area (Å²) in [5, 5.41) is 20.7. The van der Waals surface area contributed by atoms with E-state index in [-0.39, 0.29) is 16.2 Å². The van der Waals surface area contributed by atoms with E-state index in [4.69, 9.17) is 31.1 Å². The number of nitriles is 1. The van der Waals surface area contributed by atoms with Crippen LogP contribution in [0.3, 0.4) is 0 Å². The number of amides is 1. The number of ether oxygens (including phenoxy) is 3. The molecule has 1 aliphatic rings. The lowest BCUT2D eigenvalue weighted by Gasteiger charge is -2.26. The molecule has 3 aromatic rings. The van der Waals surface area contributed by atoms with Crippen molar-refractivity contribution in [1.29, 1.82) is 5.26 Å². The van der Waals surface area contributed by atoms with Crippen molar-refractivity contribution in [3.05, 3.63) is 87.9 Å².